The Morgan fingerprint density at radius 3 is 2.79 bits per heavy atom. The van der Waals surface area contributed by atoms with Crippen molar-refractivity contribution < 1.29 is 4.74 Å². The fraction of sp³-hybridized carbons (Fsp3) is 1.00. The summed E-state index contributed by atoms with van der Waals surface area (Å²) >= 11 is 0. The van der Waals surface area contributed by atoms with Crippen LogP contribution in [0.25, 0.3) is 0 Å². The van der Waals surface area contributed by atoms with E-state index in [9.17, 15) is 0 Å². The van der Waals surface area contributed by atoms with Crippen molar-refractivity contribution in [1.82, 2.24) is 5.32 Å². The van der Waals surface area contributed by atoms with Gasteiger partial charge in [0.2, 0.25) is 0 Å². The normalized spacial score (nSPS) is 35.4. The van der Waals surface area contributed by atoms with E-state index in [1.54, 1.807) is 7.11 Å². The van der Waals surface area contributed by atoms with E-state index < -0.39 is 0 Å². The number of rotatable bonds is 6. The summed E-state index contributed by atoms with van der Waals surface area (Å²) in [6.45, 7) is 2.11. The first-order valence-corrected chi connectivity index (χ1v) is 6.12. The fourth-order valence-corrected chi connectivity index (χ4v) is 3.15. The lowest BCUT2D eigenvalue weighted by atomic mass is 9.95. The van der Waals surface area contributed by atoms with E-state index in [-0.39, 0.29) is 0 Å². The molecule has 2 rings (SSSR count). The van der Waals surface area contributed by atoms with Crippen molar-refractivity contribution in [3.05, 3.63) is 0 Å². The number of methoxy groups -OCH3 is 1. The molecule has 14 heavy (non-hydrogen) atoms. The highest BCUT2D eigenvalue weighted by atomic mass is 16.5. The van der Waals surface area contributed by atoms with E-state index in [2.05, 4.69) is 5.32 Å². The molecule has 2 aliphatic rings. The van der Waals surface area contributed by atoms with Gasteiger partial charge in [0.1, 0.15) is 0 Å². The minimum Gasteiger partial charge on any atom is -0.385 e. The highest BCUT2D eigenvalue weighted by molar-refractivity contribution is 4.93. The Morgan fingerprint density at radius 1 is 1.21 bits per heavy atom. The van der Waals surface area contributed by atoms with Crippen molar-refractivity contribution >= 4 is 0 Å². The van der Waals surface area contributed by atoms with Crippen molar-refractivity contribution in [3.63, 3.8) is 0 Å². The summed E-state index contributed by atoms with van der Waals surface area (Å²) in [5.41, 5.74) is 0. The topological polar surface area (TPSA) is 21.3 Å². The Morgan fingerprint density at radius 2 is 2.14 bits per heavy atom. The van der Waals surface area contributed by atoms with Crippen LogP contribution in [0, 0.1) is 11.8 Å². The van der Waals surface area contributed by atoms with Gasteiger partial charge in [0, 0.05) is 19.8 Å². The van der Waals surface area contributed by atoms with Gasteiger partial charge in [-0.2, -0.15) is 0 Å². The Hall–Kier alpha value is -0.0800. The third kappa shape index (κ3) is 2.48. The molecule has 0 aromatic rings. The molecule has 0 spiro atoms. The lowest BCUT2D eigenvalue weighted by Gasteiger charge is -2.22. The minimum atomic E-state index is 0.858. The molecule has 2 aliphatic carbocycles. The SMILES string of the molecule is COCCCCN[C@@H]1C[C@@H]2CC[C@@H]1C2. The van der Waals surface area contributed by atoms with Crippen LogP contribution < -0.4 is 5.32 Å². The zero-order chi connectivity index (χ0) is 9.80. The number of ether oxygens (including phenoxy) is 1. The average molecular weight is 197 g/mol. The molecule has 2 bridgehead atoms. The van der Waals surface area contributed by atoms with Gasteiger partial charge in [-0.1, -0.05) is 6.42 Å². The molecule has 3 atom stereocenters. The van der Waals surface area contributed by atoms with Crippen LogP contribution in [0.4, 0.5) is 0 Å². The molecule has 2 saturated carbocycles. The van der Waals surface area contributed by atoms with Gasteiger partial charge in [-0.15, -0.1) is 0 Å². The maximum atomic E-state index is 5.04. The zero-order valence-electron chi connectivity index (χ0n) is 9.30. The van der Waals surface area contributed by atoms with Gasteiger partial charge >= 0.3 is 0 Å². The van der Waals surface area contributed by atoms with Gasteiger partial charge in [0.15, 0.2) is 0 Å². The third-order valence-corrected chi connectivity index (χ3v) is 3.92. The summed E-state index contributed by atoms with van der Waals surface area (Å²) in [4.78, 5) is 0. The molecule has 2 fully saturated rings. The lowest BCUT2D eigenvalue weighted by Crippen LogP contribution is -2.34. The van der Waals surface area contributed by atoms with E-state index in [1.807, 2.05) is 0 Å². The van der Waals surface area contributed by atoms with E-state index in [0.717, 1.165) is 24.5 Å². The predicted molar refractivity (Wildman–Crippen MR) is 58.3 cm³/mol. The van der Waals surface area contributed by atoms with E-state index in [4.69, 9.17) is 4.74 Å². The van der Waals surface area contributed by atoms with Crippen molar-refractivity contribution in [1.29, 1.82) is 0 Å². The zero-order valence-corrected chi connectivity index (χ0v) is 9.30. The first-order valence-electron chi connectivity index (χ1n) is 6.12. The first kappa shape index (κ1) is 10.4. The maximum Gasteiger partial charge on any atom is 0.0462 e. The molecule has 1 N–H and O–H groups in total. The van der Waals surface area contributed by atoms with E-state index >= 15 is 0 Å². The summed E-state index contributed by atoms with van der Waals surface area (Å²) in [7, 11) is 1.78. The second kappa shape index (κ2) is 5.13. The fourth-order valence-electron chi connectivity index (χ4n) is 3.15. The van der Waals surface area contributed by atoms with Crippen molar-refractivity contribution in [2.45, 2.75) is 44.6 Å². The number of fused-ring (bicyclic) bond motifs is 2. The quantitative estimate of drug-likeness (QED) is 0.659. The van der Waals surface area contributed by atoms with Crippen LogP contribution >= 0.6 is 0 Å². The summed E-state index contributed by atoms with van der Waals surface area (Å²) in [6.07, 6.45) is 8.42. The minimum absolute atomic E-state index is 0.858. The Bertz CT molecular complexity index is 172. The molecule has 0 radical (unpaired) electrons. The van der Waals surface area contributed by atoms with Gasteiger partial charge in [0.25, 0.3) is 0 Å². The standard InChI is InChI=1S/C12H23NO/c1-14-7-3-2-6-13-12-9-10-4-5-11(12)8-10/h10-13H,2-9H2,1H3/t10-,11-,12-/m1/s1. The molecular weight excluding hydrogens is 174 g/mol. The number of nitrogens with one attached hydrogen (secondary N) is 1. The smallest absolute Gasteiger partial charge is 0.0462 e. The summed E-state index contributed by atoms with van der Waals surface area (Å²) < 4.78 is 5.04. The molecule has 0 amide bonds. The Balaban J connectivity index is 1.54. The maximum absolute atomic E-state index is 5.04. The molecule has 0 heterocycles. The number of hydrogen-bond acceptors (Lipinski definition) is 2. The Kier molecular flexibility index (Phi) is 3.82. The highest BCUT2D eigenvalue weighted by Crippen LogP contribution is 2.44. The Labute approximate surface area is 87.4 Å². The predicted octanol–water partition coefficient (Wildman–Crippen LogP) is 2.19. The van der Waals surface area contributed by atoms with Crippen LogP contribution in [-0.2, 0) is 4.74 Å². The van der Waals surface area contributed by atoms with Crippen LogP contribution in [0.5, 0.6) is 0 Å². The van der Waals surface area contributed by atoms with Crippen LogP contribution in [0.1, 0.15) is 38.5 Å². The second-order valence-corrected chi connectivity index (χ2v) is 4.94. The summed E-state index contributed by atoms with van der Waals surface area (Å²) in [6, 6.07) is 0.858. The van der Waals surface area contributed by atoms with Crippen molar-refractivity contribution in [2.24, 2.45) is 11.8 Å². The molecule has 2 heteroatoms. The van der Waals surface area contributed by atoms with Gasteiger partial charge in [-0.25, -0.2) is 0 Å². The molecule has 0 aromatic heterocycles. The first-order chi connectivity index (χ1) is 6.90. The number of unbranched alkanes of at least 4 members (excludes halogenated alkanes) is 1. The van der Waals surface area contributed by atoms with Crippen LogP contribution in [0.2, 0.25) is 0 Å². The second-order valence-electron chi connectivity index (χ2n) is 4.94. The molecule has 82 valence electrons. The van der Waals surface area contributed by atoms with Crippen molar-refractivity contribution in [2.75, 3.05) is 20.3 Å². The van der Waals surface area contributed by atoms with E-state index in [1.165, 1.54) is 45.1 Å². The largest absolute Gasteiger partial charge is 0.385 e. The third-order valence-electron chi connectivity index (χ3n) is 3.92. The van der Waals surface area contributed by atoms with E-state index in [0.29, 0.717) is 0 Å². The van der Waals surface area contributed by atoms with Crippen LogP contribution in [-0.4, -0.2) is 26.3 Å². The van der Waals surface area contributed by atoms with Crippen LogP contribution in [0.15, 0.2) is 0 Å². The molecule has 2 nitrogen and oxygen atoms in total. The highest BCUT2D eigenvalue weighted by Gasteiger charge is 2.38. The van der Waals surface area contributed by atoms with Gasteiger partial charge in [0.05, 0.1) is 0 Å². The molecule has 0 saturated heterocycles. The molecule has 0 unspecified atom stereocenters. The molecule has 0 aromatic carbocycles. The molecule has 0 aliphatic heterocycles. The monoisotopic (exact) mass is 197 g/mol. The summed E-state index contributed by atoms with van der Waals surface area (Å²) in [5, 5.41) is 3.72. The van der Waals surface area contributed by atoms with Crippen molar-refractivity contribution in [3.8, 4) is 0 Å². The molecular formula is C12H23NO. The number of hydrogen-bond donors (Lipinski definition) is 1. The van der Waals surface area contributed by atoms with Gasteiger partial charge in [-0.3, -0.25) is 0 Å². The lowest BCUT2D eigenvalue weighted by molar-refractivity contribution is 0.191. The van der Waals surface area contributed by atoms with Crippen LogP contribution in [0.3, 0.4) is 0 Å². The van der Waals surface area contributed by atoms with Gasteiger partial charge in [-0.05, 0) is 50.5 Å². The average Bonchev–Trinajstić information content (AvgIpc) is 2.79. The summed E-state index contributed by atoms with van der Waals surface area (Å²) in [5.74, 6) is 2.08. The van der Waals surface area contributed by atoms with Gasteiger partial charge < -0.3 is 10.1 Å².